The molecule has 5 aromatic rings. The number of amides is 3. The van der Waals surface area contributed by atoms with E-state index in [2.05, 4.69) is 42.5 Å². The molecule has 1 unspecified atom stereocenters. The molecule has 3 amide bonds. The Bertz CT molecular complexity index is 2590. The number of halogens is 2. The van der Waals surface area contributed by atoms with Gasteiger partial charge in [0.15, 0.2) is 11.4 Å². The first-order valence-corrected chi connectivity index (χ1v) is 23.6. The molecule has 4 fully saturated rings. The number of piperidine rings is 1. The van der Waals surface area contributed by atoms with Gasteiger partial charge in [-0.05, 0) is 119 Å². The van der Waals surface area contributed by atoms with Crippen LogP contribution in [0.5, 0.6) is 0 Å². The number of aryl methyl sites for hydroxylation is 3. The molecule has 2 saturated heterocycles. The Morgan fingerprint density at radius 2 is 1.82 bits per heavy atom. The standard InChI is InChI=1S/C48H60F2N10O6/c1-56(21-18-36-27-58(22-23-65-36)20-3-4-31-10-14-39-41(24-31)57(2)48(64)60(39)40-15-16-42(61)54-46(40)63)26-32-8-12-35(13-9-32)59-28-37(43(55-59)44(49)50)52-45(62)38-29-66-47(53-38)33-17-19-51-34(25-33)11-7-30-5-6-30/h10,14,17,19,24-25,28-30,32,35-36,40,44H,3-9,11-13,15-16,18,20-23,26-27H2,1-2H3,(H,52,62)(H,54,61,63)/t32?,35?,36-,40?/m0/s1. The highest BCUT2D eigenvalue weighted by molar-refractivity contribution is 6.03. The molecule has 1 aromatic carbocycles. The van der Waals surface area contributed by atoms with Crippen molar-refractivity contribution in [2.45, 2.75) is 108 Å². The lowest BCUT2D eigenvalue weighted by atomic mass is 9.86. The zero-order valence-electron chi connectivity index (χ0n) is 37.8. The van der Waals surface area contributed by atoms with E-state index >= 15 is 0 Å². The van der Waals surface area contributed by atoms with Crippen molar-refractivity contribution in [1.29, 1.82) is 0 Å². The van der Waals surface area contributed by atoms with Crippen LogP contribution in [0.25, 0.3) is 22.5 Å². The van der Waals surface area contributed by atoms with Crippen LogP contribution in [0.15, 0.2) is 58.2 Å². The molecule has 4 aliphatic rings. The fraction of sp³-hybridized carbons (Fsp3) is 0.562. The zero-order chi connectivity index (χ0) is 45.9. The quantitative estimate of drug-likeness (QED) is 0.0921. The van der Waals surface area contributed by atoms with Crippen LogP contribution in [0.1, 0.15) is 117 Å². The summed E-state index contributed by atoms with van der Waals surface area (Å²) in [6.07, 6.45) is 13.0. The molecule has 352 valence electrons. The number of benzene rings is 1. The highest BCUT2D eigenvalue weighted by Gasteiger charge is 2.32. The van der Waals surface area contributed by atoms with Gasteiger partial charge in [0.05, 0.1) is 35.5 Å². The minimum Gasteiger partial charge on any atom is -0.444 e. The monoisotopic (exact) mass is 910 g/mol. The van der Waals surface area contributed by atoms with Crippen LogP contribution in [-0.4, -0.2) is 109 Å². The summed E-state index contributed by atoms with van der Waals surface area (Å²) in [5, 5.41) is 9.24. The van der Waals surface area contributed by atoms with E-state index in [-0.39, 0.29) is 47.4 Å². The Morgan fingerprint density at radius 1 is 1.00 bits per heavy atom. The van der Waals surface area contributed by atoms with Gasteiger partial charge in [0.2, 0.25) is 17.7 Å². The first kappa shape index (κ1) is 45.6. The van der Waals surface area contributed by atoms with E-state index in [4.69, 9.17) is 9.15 Å². The number of morpholine rings is 1. The number of imidazole rings is 1. The number of rotatable bonds is 18. The lowest BCUT2D eigenvalue weighted by Gasteiger charge is -2.35. The largest absolute Gasteiger partial charge is 0.444 e. The van der Waals surface area contributed by atoms with E-state index in [0.717, 1.165) is 113 Å². The first-order chi connectivity index (χ1) is 31.9. The highest BCUT2D eigenvalue weighted by atomic mass is 19.3. The minimum atomic E-state index is -2.86. The number of fused-ring (bicyclic) bond motifs is 1. The van der Waals surface area contributed by atoms with E-state index < -0.39 is 30.0 Å². The number of carbonyl (C=O) groups is 3. The van der Waals surface area contributed by atoms with Crippen molar-refractivity contribution < 1.29 is 32.3 Å². The van der Waals surface area contributed by atoms with Crippen molar-refractivity contribution in [2.24, 2.45) is 18.9 Å². The topological polar surface area (TPSA) is 175 Å². The maximum Gasteiger partial charge on any atom is 0.329 e. The van der Waals surface area contributed by atoms with E-state index in [1.54, 1.807) is 28.6 Å². The number of nitrogens with zero attached hydrogens (tertiary/aromatic N) is 8. The van der Waals surface area contributed by atoms with Crippen molar-refractivity contribution >= 4 is 34.4 Å². The predicted molar refractivity (Wildman–Crippen MR) is 242 cm³/mol. The third-order valence-corrected chi connectivity index (χ3v) is 14.0. The average molecular weight is 911 g/mol. The fourth-order valence-electron chi connectivity index (χ4n) is 10.0. The van der Waals surface area contributed by atoms with Gasteiger partial charge in [0.25, 0.3) is 12.3 Å². The van der Waals surface area contributed by atoms with Gasteiger partial charge in [-0.25, -0.2) is 18.6 Å². The molecule has 0 radical (unpaired) electrons. The van der Waals surface area contributed by atoms with Crippen LogP contribution in [0.3, 0.4) is 0 Å². The molecule has 2 saturated carbocycles. The second-order valence-corrected chi connectivity index (χ2v) is 18.8. The van der Waals surface area contributed by atoms with Crippen LogP contribution in [0.2, 0.25) is 0 Å². The van der Waals surface area contributed by atoms with Crippen LogP contribution < -0.4 is 16.3 Å². The SMILES string of the molecule is CN(CC[C@H]1CN(CCCc2ccc3c(c2)n(C)c(=O)n3C2CCC(=O)NC2=O)CCO1)CC1CCC(n2cc(NC(=O)c3coc(-c4ccnc(CCC5CC5)c4)n3)c(C(F)F)n2)CC1. The minimum absolute atomic E-state index is 0.00716. The molecule has 2 N–H and O–H groups in total. The van der Waals surface area contributed by atoms with Gasteiger partial charge in [0.1, 0.15) is 12.3 Å². The number of imide groups is 1. The van der Waals surface area contributed by atoms with Crippen LogP contribution in [0.4, 0.5) is 14.5 Å². The molecule has 4 aromatic heterocycles. The van der Waals surface area contributed by atoms with Crippen molar-refractivity contribution in [2.75, 3.05) is 51.7 Å². The lowest BCUT2D eigenvalue weighted by Crippen LogP contribution is -2.44. The highest BCUT2D eigenvalue weighted by Crippen LogP contribution is 2.36. The Labute approximate surface area is 382 Å². The van der Waals surface area contributed by atoms with E-state index in [1.165, 1.54) is 29.9 Å². The van der Waals surface area contributed by atoms with E-state index in [0.29, 0.717) is 30.0 Å². The average Bonchev–Trinajstić information content (AvgIpc) is 3.73. The molecular formula is C48H60F2N10O6. The normalized spacial score (nSPS) is 21.8. The summed E-state index contributed by atoms with van der Waals surface area (Å²) in [5.74, 6) is 0.147. The number of carbonyl (C=O) groups excluding carboxylic acids is 3. The summed E-state index contributed by atoms with van der Waals surface area (Å²) < 4.78 is 44.9. The number of aromatic nitrogens is 6. The predicted octanol–water partition coefficient (Wildman–Crippen LogP) is 6.48. The zero-order valence-corrected chi connectivity index (χ0v) is 37.8. The second kappa shape index (κ2) is 20.1. The molecule has 66 heavy (non-hydrogen) atoms. The maximum absolute atomic E-state index is 14.2. The van der Waals surface area contributed by atoms with Gasteiger partial charge in [0, 0.05) is 63.3 Å². The van der Waals surface area contributed by atoms with E-state index in [1.807, 2.05) is 24.3 Å². The summed E-state index contributed by atoms with van der Waals surface area (Å²) in [7, 11) is 3.87. The molecule has 16 nitrogen and oxygen atoms in total. The van der Waals surface area contributed by atoms with Crippen LogP contribution in [0, 0.1) is 11.8 Å². The molecule has 2 aliphatic carbocycles. The summed E-state index contributed by atoms with van der Waals surface area (Å²) in [6, 6.07) is 8.93. The Morgan fingerprint density at radius 3 is 2.61 bits per heavy atom. The third kappa shape index (κ3) is 10.7. The third-order valence-electron chi connectivity index (χ3n) is 14.0. The molecule has 9 rings (SSSR count). The van der Waals surface area contributed by atoms with Crippen molar-refractivity contribution in [3.63, 3.8) is 0 Å². The number of alkyl halides is 2. The first-order valence-electron chi connectivity index (χ1n) is 23.6. The molecule has 0 bridgehead atoms. The molecule has 0 spiro atoms. The number of pyridine rings is 1. The smallest absolute Gasteiger partial charge is 0.329 e. The van der Waals surface area contributed by atoms with Gasteiger partial charge in [-0.15, -0.1) is 0 Å². The molecule has 2 atom stereocenters. The summed E-state index contributed by atoms with van der Waals surface area (Å²) in [6.45, 7) is 5.25. The van der Waals surface area contributed by atoms with Crippen molar-refractivity contribution in [3.05, 3.63) is 82.1 Å². The molecular weight excluding hydrogens is 851 g/mol. The van der Waals surface area contributed by atoms with Gasteiger partial charge < -0.3 is 19.4 Å². The summed E-state index contributed by atoms with van der Waals surface area (Å²) >= 11 is 0. The number of oxazole rings is 1. The van der Waals surface area contributed by atoms with Crippen LogP contribution in [-0.2, 0) is 34.2 Å². The van der Waals surface area contributed by atoms with Crippen molar-refractivity contribution in [3.8, 4) is 11.5 Å². The molecule has 2 aliphatic heterocycles. The Hall–Kier alpha value is -5.59. The number of hydrogen-bond acceptors (Lipinski definition) is 11. The van der Waals surface area contributed by atoms with E-state index in [9.17, 15) is 28.0 Å². The van der Waals surface area contributed by atoms with Crippen LogP contribution >= 0.6 is 0 Å². The fourth-order valence-corrected chi connectivity index (χ4v) is 10.0. The number of nitrogens with one attached hydrogen (secondary N) is 2. The molecule has 6 heterocycles. The van der Waals surface area contributed by atoms with Gasteiger partial charge in [-0.3, -0.25) is 43.4 Å². The number of anilines is 1. The number of hydrogen-bond donors (Lipinski definition) is 2. The Kier molecular flexibility index (Phi) is 13.9. The van der Waals surface area contributed by atoms with Crippen molar-refractivity contribution in [1.82, 2.24) is 44.0 Å². The van der Waals surface area contributed by atoms with Gasteiger partial charge >= 0.3 is 5.69 Å². The summed E-state index contributed by atoms with van der Waals surface area (Å²) in [4.78, 5) is 64.3. The Balaban J connectivity index is 0.703. The second-order valence-electron chi connectivity index (χ2n) is 18.8. The summed E-state index contributed by atoms with van der Waals surface area (Å²) in [5.41, 5.74) is 3.49. The van der Waals surface area contributed by atoms with Gasteiger partial charge in [-0.1, -0.05) is 18.9 Å². The number of ether oxygens (including phenoxy) is 1. The van der Waals surface area contributed by atoms with Gasteiger partial charge in [-0.2, -0.15) is 5.10 Å². The molecule has 18 heteroatoms. The maximum atomic E-state index is 14.2. The lowest BCUT2D eigenvalue weighted by molar-refractivity contribution is -0.135.